The number of nitrogens with one attached hydrogen (secondary N) is 1. The molecule has 2 aromatic rings. The van der Waals surface area contributed by atoms with Crippen LogP contribution in [0.1, 0.15) is 43.8 Å². The monoisotopic (exact) mass is 306 g/mol. The SMILES string of the molecule is CCNC(Cc1cc(CC)nn1CC)c1ccncc1Cl. The van der Waals surface area contributed by atoms with Crippen LogP contribution in [0.4, 0.5) is 0 Å². The molecule has 0 bridgehead atoms. The molecule has 0 fully saturated rings. The van der Waals surface area contributed by atoms with Crippen molar-refractivity contribution < 1.29 is 0 Å². The van der Waals surface area contributed by atoms with Crippen LogP contribution in [0.15, 0.2) is 24.5 Å². The normalized spacial score (nSPS) is 12.6. The number of nitrogens with zero attached hydrogens (tertiary/aromatic N) is 3. The molecule has 0 amide bonds. The molecule has 0 radical (unpaired) electrons. The van der Waals surface area contributed by atoms with Crippen molar-refractivity contribution in [2.75, 3.05) is 6.54 Å². The lowest BCUT2D eigenvalue weighted by atomic mass is 10.0. The van der Waals surface area contributed by atoms with Crippen molar-refractivity contribution in [3.63, 3.8) is 0 Å². The average Bonchev–Trinajstić information content (AvgIpc) is 2.89. The van der Waals surface area contributed by atoms with Gasteiger partial charge in [0.1, 0.15) is 0 Å². The third-order valence-corrected chi connectivity index (χ3v) is 3.93. The van der Waals surface area contributed by atoms with E-state index in [2.05, 4.69) is 46.9 Å². The molecule has 0 spiro atoms. The zero-order valence-corrected chi connectivity index (χ0v) is 13.7. The number of rotatable bonds is 7. The van der Waals surface area contributed by atoms with Gasteiger partial charge in [-0.1, -0.05) is 25.4 Å². The Morgan fingerprint density at radius 1 is 1.33 bits per heavy atom. The summed E-state index contributed by atoms with van der Waals surface area (Å²) in [5, 5.41) is 8.84. The molecule has 1 N–H and O–H groups in total. The fraction of sp³-hybridized carbons (Fsp3) is 0.500. The maximum absolute atomic E-state index is 6.30. The van der Waals surface area contributed by atoms with E-state index in [1.165, 1.54) is 5.69 Å². The zero-order valence-electron chi connectivity index (χ0n) is 12.9. The number of halogens is 1. The van der Waals surface area contributed by atoms with E-state index in [1.807, 2.05) is 6.07 Å². The molecule has 4 nitrogen and oxygen atoms in total. The van der Waals surface area contributed by atoms with Gasteiger partial charge in [0.2, 0.25) is 0 Å². The van der Waals surface area contributed by atoms with E-state index in [4.69, 9.17) is 11.6 Å². The quantitative estimate of drug-likeness (QED) is 0.852. The second-order valence-electron chi connectivity index (χ2n) is 5.01. The third-order valence-electron chi connectivity index (χ3n) is 3.62. The van der Waals surface area contributed by atoms with Crippen LogP contribution >= 0.6 is 11.6 Å². The molecular formula is C16H23ClN4. The summed E-state index contributed by atoms with van der Waals surface area (Å²) >= 11 is 6.30. The molecule has 1 unspecified atom stereocenters. The molecule has 2 rings (SSSR count). The van der Waals surface area contributed by atoms with E-state index in [0.717, 1.165) is 37.2 Å². The summed E-state index contributed by atoms with van der Waals surface area (Å²) < 4.78 is 2.08. The van der Waals surface area contributed by atoms with Gasteiger partial charge < -0.3 is 5.32 Å². The lowest BCUT2D eigenvalue weighted by Crippen LogP contribution is -2.24. The topological polar surface area (TPSA) is 42.7 Å². The van der Waals surface area contributed by atoms with Gasteiger partial charge in [-0.3, -0.25) is 9.67 Å². The number of likely N-dealkylation sites (N-methyl/N-ethyl adjacent to an activating group) is 1. The number of hydrogen-bond donors (Lipinski definition) is 1. The summed E-state index contributed by atoms with van der Waals surface area (Å²) in [4.78, 5) is 4.07. The number of pyridine rings is 1. The van der Waals surface area contributed by atoms with E-state index in [1.54, 1.807) is 12.4 Å². The van der Waals surface area contributed by atoms with E-state index < -0.39 is 0 Å². The van der Waals surface area contributed by atoms with Gasteiger partial charge in [0.05, 0.1) is 10.7 Å². The van der Waals surface area contributed by atoms with Crippen molar-refractivity contribution in [2.45, 2.75) is 46.2 Å². The molecule has 114 valence electrons. The molecule has 0 saturated heterocycles. The predicted octanol–water partition coefficient (Wildman–Crippen LogP) is 3.41. The molecule has 1 atom stereocenters. The largest absolute Gasteiger partial charge is 0.310 e. The van der Waals surface area contributed by atoms with E-state index in [0.29, 0.717) is 5.02 Å². The van der Waals surface area contributed by atoms with Gasteiger partial charge in [0.25, 0.3) is 0 Å². The van der Waals surface area contributed by atoms with Crippen LogP contribution in [0.3, 0.4) is 0 Å². The minimum atomic E-state index is 0.178. The minimum Gasteiger partial charge on any atom is -0.310 e. The first-order chi connectivity index (χ1) is 10.2. The molecule has 0 aliphatic rings. The Morgan fingerprint density at radius 3 is 2.76 bits per heavy atom. The molecule has 21 heavy (non-hydrogen) atoms. The van der Waals surface area contributed by atoms with Crippen LogP contribution in [0.5, 0.6) is 0 Å². The smallest absolute Gasteiger partial charge is 0.0637 e. The highest BCUT2D eigenvalue weighted by atomic mass is 35.5. The van der Waals surface area contributed by atoms with Crippen molar-refractivity contribution >= 4 is 11.6 Å². The van der Waals surface area contributed by atoms with Gasteiger partial charge in [-0.25, -0.2) is 0 Å². The average molecular weight is 307 g/mol. The fourth-order valence-corrected chi connectivity index (χ4v) is 2.79. The van der Waals surface area contributed by atoms with Crippen molar-refractivity contribution in [1.82, 2.24) is 20.1 Å². The fourth-order valence-electron chi connectivity index (χ4n) is 2.54. The van der Waals surface area contributed by atoms with Gasteiger partial charge in [0.15, 0.2) is 0 Å². The summed E-state index contributed by atoms with van der Waals surface area (Å²) in [6.07, 6.45) is 5.33. The van der Waals surface area contributed by atoms with Crippen molar-refractivity contribution in [2.24, 2.45) is 0 Å². The molecule has 5 heteroatoms. The van der Waals surface area contributed by atoms with Crippen LogP contribution in [0.25, 0.3) is 0 Å². The van der Waals surface area contributed by atoms with Crippen LogP contribution in [-0.4, -0.2) is 21.3 Å². The molecule has 0 aromatic carbocycles. The summed E-state index contributed by atoms with van der Waals surface area (Å²) in [5.74, 6) is 0. The molecule has 0 aliphatic heterocycles. The first kappa shape index (κ1) is 16.0. The number of aryl methyl sites for hydroxylation is 2. The zero-order chi connectivity index (χ0) is 15.2. The van der Waals surface area contributed by atoms with Gasteiger partial charge in [-0.05, 0) is 37.6 Å². The van der Waals surface area contributed by atoms with Gasteiger partial charge in [0, 0.05) is 37.1 Å². The number of hydrogen-bond acceptors (Lipinski definition) is 3. The Kier molecular flexibility index (Phi) is 5.76. The van der Waals surface area contributed by atoms with E-state index >= 15 is 0 Å². The maximum atomic E-state index is 6.30. The minimum absolute atomic E-state index is 0.178. The third kappa shape index (κ3) is 3.83. The Bertz CT molecular complexity index is 579. The highest BCUT2D eigenvalue weighted by molar-refractivity contribution is 6.31. The van der Waals surface area contributed by atoms with Crippen molar-refractivity contribution in [3.05, 3.63) is 46.5 Å². The number of aromatic nitrogens is 3. The highest BCUT2D eigenvalue weighted by Gasteiger charge is 2.17. The van der Waals surface area contributed by atoms with Gasteiger partial charge in [-0.15, -0.1) is 0 Å². The van der Waals surface area contributed by atoms with E-state index in [-0.39, 0.29) is 6.04 Å². The Labute approximate surface area is 131 Å². The van der Waals surface area contributed by atoms with Crippen LogP contribution in [0, 0.1) is 0 Å². The van der Waals surface area contributed by atoms with Crippen LogP contribution in [0.2, 0.25) is 5.02 Å². The lowest BCUT2D eigenvalue weighted by molar-refractivity contribution is 0.515. The predicted molar refractivity (Wildman–Crippen MR) is 86.6 cm³/mol. The molecule has 2 heterocycles. The van der Waals surface area contributed by atoms with E-state index in [9.17, 15) is 0 Å². The molecular weight excluding hydrogens is 284 g/mol. The first-order valence-electron chi connectivity index (χ1n) is 7.57. The maximum Gasteiger partial charge on any atom is 0.0637 e. The van der Waals surface area contributed by atoms with Crippen molar-refractivity contribution in [1.29, 1.82) is 0 Å². The summed E-state index contributed by atoms with van der Waals surface area (Å²) in [5.41, 5.74) is 3.48. The second kappa shape index (κ2) is 7.57. The summed E-state index contributed by atoms with van der Waals surface area (Å²) in [6.45, 7) is 8.14. The molecule has 2 aromatic heterocycles. The second-order valence-corrected chi connectivity index (χ2v) is 5.42. The Hall–Kier alpha value is -1.39. The Balaban J connectivity index is 2.28. The molecule has 0 saturated carbocycles. The Morgan fingerprint density at radius 2 is 2.14 bits per heavy atom. The van der Waals surface area contributed by atoms with Crippen LogP contribution < -0.4 is 5.32 Å². The summed E-state index contributed by atoms with van der Waals surface area (Å²) in [6, 6.07) is 4.36. The standard InChI is InChI=1S/C16H23ClN4/c1-4-12-9-13(21(6-3)20-12)10-16(19-5-2)14-7-8-18-11-15(14)17/h7-9,11,16,19H,4-6,10H2,1-3H3. The van der Waals surface area contributed by atoms with Crippen molar-refractivity contribution in [3.8, 4) is 0 Å². The van der Waals surface area contributed by atoms with Gasteiger partial charge >= 0.3 is 0 Å². The highest BCUT2D eigenvalue weighted by Crippen LogP contribution is 2.25. The lowest BCUT2D eigenvalue weighted by Gasteiger charge is -2.19. The van der Waals surface area contributed by atoms with Gasteiger partial charge in [-0.2, -0.15) is 5.10 Å². The summed E-state index contributed by atoms with van der Waals surface area (Å²) in [7, 11) is 0. The van der Waals surface area contributed by atoms with Crippen LogP contribution in [-0.2, 0) is 19.4 Å². The first-order valence-corrected chi connectivity index (χ1v) is 7.95. The molecule has 0 aliphatic carbocycles.